The Morgan fingerprint density at radius 2 is 2.00 bits per heavy atom. The Hall–Kier alpha value is -0.940. The SMILES string of the molecule is CCOC(=O)c1cnc(N[C@H](C)CC(C)(N)Cc2ccc(I)cc2)c(I)c1. The molecular weight excluding hydrogens is 568 g/mol. The van der Waals surface area contributed by atoms with E-state index in [2.05, 4.69) is 93.6 Å². The van der Waals surface area contributed by atoms with E-state index in [1.165, 1.54) is 9.13 Å². The first-order valence-electron chi connectivity index (χ1n) is 8.82. The van der Waals surface area contributed by atoms with Crippen LogP contribution in [0.25, 0.3) is 0 Å². The van der Waals surface area contributed by atoms with E-state index in [4.69, 9.17) is 10.5 Å². The number of esters is 1. The molecule has 2 aromatic rings. The van der Waals surface area contributed by atoms with E-state index in [0.29, 0.717) is 12.2 Å². The first-order chi connectivity index (χ1) is 12.7. The summed E-state index contributed by atoms with van der Waals surface area (Å²) < 4.78 is 7.11. The molecule has 5 nitrogen and oxygen atoms in total. The third-order valence-electron chi connectivity index (χ3n) is 4.03. The van der Waals surface area contributed by atoms with Crippen molar-refractivity contribution in [3.05, 3.63) is 54.8 Å². The number of aromatic nitrogens is 1. The number of benzene rings is 1. The molecule has 2 rings (SSSR count). The number of halogens is 2. The van der Waals surface area contributed by atoms with Crippen molar-refractivity contribution < 1.29 is 9.53 Å². The molecule has 1 aromatic heterocycles. The van der Waals surface area contributed by atoms with Crippen molar-refractivity contribution in [2.45, 2.75) is 45.2 Å². The summed E-state index contributed by atoms with van der Waals surface area (Å²) in [4.78, 5) is 16.2. The number of hydrogen-bond donors (Lipinski definition) is 2. The van der Waals surface area contributed by atoms with Crippen LogP contribution < -0.4 is 11.1 Å². The molecule has 7 heteroatoms. The Kier molecular flexibility index (Phi) is 8.29. The maximum Gasteiger partial charge on any atom is 0.339 e. The van der Waals surface area contributed by atoms with Crippen molar-refractivity contribution in [3.8, 4) is 0 Å². The van der Waals surface area contributed by atoms with Crippen LogP contribution in [0.4, 0.5) is 5.82 Å². The van der Waals surface area contributed by atoms with Gasteiger partial charge in [-0.3, -0.25) is 0 Å². The van der Waals surface area contributed by atoms with Gasteiger partial charge in [0.1, 0.15) is 5.82 Å². The van der Waals surface area contributed by atoms with E-state index in [1.54, 1.807) is 19.2 Å². The molecule has 0 aliphatic heterocycles. The van der Waals surface area contributed by atoms with Crippen molar-refractivity contribution >= 4 is 57.0 Å². The maximum atomic E-state index is 11.8. The Balaban J connectivity index is 1.98. The van der Waals surface area contributed by atoms with Crippen molar-refractivity contribution in [3.63, 3.8) is 0 Å². The fourth-order valence-corrected chi connectivity index (χ4v) is 3.98. The van der Waals surface area contributed by atoms with Gasteiger partial charge in [-0.05, 0) is 103 Å². The number of ether oxygens (including phenoxy) is 1. The minimum absolute atomic E-state index is 0.137. The van der Waals surface area contributed by atoms with Crippen molar-refractivity contribution in [1.82, 2.24) is 4.98 Å². The third-order valence-corrected chi connectivity index (χ3v) is 5.57. The Morgan fingerprint density at radius 1 is 1.33 bits per heavy atom. The zero-order valence-corrected chi connectivity index (χ0v) is 20.1. The molecule has 146 valence electrons. The number of rotatable bonds is 8. The predicted octanol–water partition coefficient (Wildman–Crippen LogP) is 4.62. The first-order valence-corrected chi connectivity index (χ1v) is 11.0. The quantitative estimate of drug-likeness (QED) is 0.346. The summed E-state index contributed by atoms with van der Waals surface area (Å²) in [5.74, 6) is 0.399. The summed E-state index contributed by atoms with van der Waals surface area (Å²) in [6, 6.07) is 10.4. The number of nitrogens with zero attached hydrogens (tertiary/aromatic N) is 1. The van der Waals surface area contributed by atoms with E-state index in [0.717, 1.165) is 22.2 Å². The van der Waals surface area contributed by atoms with Gasteiger partial charge in [-0.1, -0.05) is 12.1 Å². The number of carbonyl (C=O) groups is 1. The molecule has 2 atom stereocenters. The third kappa shape index (κ3) is 7.19. The fraction of sp³-hybridized carbons (Fsp3) is 0.400. The highest BCUT2D eigenvalue weighted by molar-refractivity contribution is 14.1. The Labute approximate surface area is 188 Å². The summed E-state index contributed by atoms with van der Waals surface area (Å²) in [5, 5.41) is 3.41. The number of pyridine rings is 1. The highest BCUT2D eigenvalue weighted by Crippen LogP contribution is 2.22. The van der Waals surface area contributed by atoms with Crippen LogP contribution in [-0.2, 0) is 11.2 Å². The maximum absolute atomic E-state index is 11.8. The Bertz CT molecular complexity index is 779. The van der Waals surface area contributed by atoms with Gasteiger partial charge in [0.2, 0.25) is 0 Å². The summed E-state index contributed by atoms with van der Waals surface area (Å²) in [5.41, 5.74) is 7.91. The molecule has 0 aliphatic rings. The van der Waals surface area contributed by atoms with Crippen LogP contribution in [0.5, 0.6) is 0 Å². The largest absolute Gasteiger partial charge is 0.462 e. The predicted molar refractivity (Wildman–Crippen MR) is 126 cm³/mol. The molecule has 1 heterocycles. The van der Waals surface area contributed by atoms with Crippen LogP contribution in [0.15, 0.2) is 36.5 Å². The lowest BCUT2D eigenvalue weighted by Crippen LogP contribution is -2.43. The minimum atomic E-state index is -0.352. The lowest BCUT2D eigenvalue weighted by atomic mass is 9.88. The highest BCUT2D eigenvalue weighted by atomic mass is 127. The monoisotopic (exact) mass is 593 g/mol. The van der Waals surface area contributed by atoms with Crippen LogP contribution in [-0.4, -0.2) is 29.1 Å². The van der Waals surface area contributed by atoms with Gasteiger partial charge in [0.25, 0.3) is 0 Å². The molecule has 0 spiro atoms. The summed E-state index contributed by atoms with van der Waals surface area (Å²) in [6.07, 6.45) is 3.14. The lowest BCUT2D eigenvalue weighted by molar-refractivity contribution is 0.0526. The van der Waals surface area contributed by atoms with Gasteiger partial charge in [0.05, 0.1) is 15.7 Å². The summed E-state index contributed by atoms with van der Waals surface area (Å²) >= 11 is 4.48. The van der Waals surface area contributed by atoms with Gasteiger partial charge in [-0.25, -0.2) is 9.78 Å². The number of nitrogens with two attached hydrogens (primary N) is 1. The zero-order chi connectivity index (χ0) is 20.0. The number of anilines is 1. The molecule has 3 N–H and O–H groups in total. The molecular formula is C20H25I2N3O2. The van der Waals surface area contributed by atoms with E-state index in [1.807, 2.05) is 0 Å². The molecule has 1 unspecified atom stereocenters. The molecule has 0 fully saturated rings. The smallest absolute Gasteiger partial charge is 0.339 e. The van der Waals surface area contributed by atoms with Crippen LogP contribution >= 0.6 is 45.2 Å². The van der Waals surface area contributed by atoms with E-state index < -0.39 is 0 Å². The van der Waals surface area contributed by atoms with Crippen LogP contribution in [0.3, 0.4) is 0 Å². The zero-order valence-electron chi connectivity index (χ0n) is 15.8. The molecule has 0 radical (unpaired) electrons. The highest BCUT2D eigenvalue weighted by Gasteiger charge is 2.23. The molecule has 1 aromatic carbocycles. The Morgan fingerprint density at radius 3 is 2.59 bits per heavy atom. The topological polar surface area (TPSA) is 77.2 Å². The van der Waals surface area contributed by atoms with E-state index >= 15 is 0 Å². The standard InChI is InChI=1S/C20H25I2N3O2/c1-4-27-19(26)15-9-17(22)18(24-12-15)25-13(2)10-20(3,23)11-14-5-7-16(21)8-6-14/h5-9,12-13H,4,10-11,23H2,1-3H3,(H,24,25)/t13-,20?/m1/s1. The first kappa shape index (κ1) is 22.4. The lowest BCUT2D eigenvalue weighted by Gasteiger charge is -2.29. The minimum Gasteiger partial charge on any atom is -0.462 e. The van der Waals surface area contributed by atoms with Gasteiger partial charge in [-0.2, -0.15) is 0 Å². The van der Waals surface area contributed by atoms with Crippen molar-refractivity contribution in [2.75, 3.05) is 11.9 Å². The number of carbonyl (C=O) groups excluding carboxylic acids is 1. The second-order valence-electron chi connectivity index (χ2n) is 6.98. The molecule has 27 heavy (non-hydrogen) atoms. The number of nitrogens with one attached hydrogen (secondary N) is 1. The molecule has 0 amide bonds. The summed E-state index contributed by atoms with van der Waals surface area (Å²) in [6.45, 7) is 6.30. The second-order valence-corrected chi connectivity index (χ2v) is 9.39. The van der Waals surface area contributed by atoms with Gasteiger partial charge in [-0.15, -0.1) is 0 Å². The van der Waals surface area contributed by atoms with Gasteiger partial charge in [0, 0.05) is 21.3 Å². The van der Waals surface area contributed by atoms with Gasteiger partial charge >= 0.3 is 5.97 Å². The average Bonchev–Trinajstić information content (AvgIpc) is 2.58. The average molecular weight is 593 g/mol. The normalized spacial score (nSPS) is 14.3. The molecule has 0 saturated heterocycles. The van der Waals surface area contributed by atoms with Crippen LogP contribution in [0.2, 0.25) is 0 Å². The fourth-order valence-electron chi connectivity index (χ4n) is 2.99. The van der Waals surface area contributed by atoms with E-state index in [9.17, 15) is 4.79 Å². The molecule has 0 saturated carbocycles. The molecule has 0 bridgehead atoms. The van der Waals surface area contributed by atoms with Crippen LogP contribution in [0, 0.1) is 7.14 Å². The van der Waals surface area contributed by atoms with Crippen molar-refractivity contribution in [1.29, 1.82) is 0 Å². The van der Waals surface area contributed by atoms with Crippen molar-refractivity contribution in [2.24, 2.45) is 5.73 Å². The van der Waals surface area contributed by atoms with Crippen LogP contribution in [0.1, 0.15) is 43.1 Å². The van der Waals surface area contributed by atoms with Gasteiger partial charge < -0.3 is 15.8 Å². The number of hydrogen-bond acceptors (Lipinski definition) is 5. The second kappa shape index (κ2) is 10.0. The summed E-state index contributed by atoms with van der Waals surface area (Å²) in [7, 11) is 0. The van der Waals surface area contributed by atoms with Gasteiger partial charge in [0.15, 0.2) is 0 Å². The van der Waals surface area contributed by atoms with E-state index in [-0.39, 0.29) is 17.6 Å². The molecule has 0 aliphatic carbocycles.